The Bertz CT molecular complexity index is 804. The molecular formula is C19H20BrN3O3. The SMILES string of the molecule is C=CCc1cc(/C=N\NC(=O)Nc2ccc(Br)cc2)cc(OCC)c1O. The lowest BCUT2D eigenvalue weighted by atomic mass is 10.1. The van der Waals surface area contributed by atoms with E-state index in [0.717, 1.165) is 4.47 Å². The number of allylic oxidation sites excluding steroid dienone is 1. The summed E-state index contributed by atoms with van der Waals surface area (Å²) >= 11 is 3.33. The summed E-state index contributed by atoms with van der Waals surface area (Å²) in [4.78, 5) is 11.9. The number of hydrogen-bond acceptors (Lipinski definition) is 4. The van der Waals surface area contributed by atoms with Crippen molar-refractivity contribution in [2.45, 2.75) is 13.3 Å². The average molecular weight is 418 g/mol. The van der Waals surface area contributed by atoms with Gasteiger partial charge in [-0.2, -0.15) is 5.10 Å². The molecule has 0 saturated carbocycles. The number of phenols is 1. The van der Waals surface area contributed by atoms with Crippen LogP contribution in [0.25, 0.3) is 0 Å². The van der Waals surface area contributed by atoms with E-state index >= 15 is 0 Å². The summed E-state index contributed by atoms with van der Waals surface area (Å²) in [7, 11) is 0. The molecule has 2 amide bonds. The molecule has 0 fully saturated rings. The van der Waals surface area contributed by atoms with Crippen LogP contribution in [-0.2, 0) is 6.42 Å². The topological polar surface area (TPSA) is 83.0 Å². The van der Waals surface area contributed by atoms with E-state index in [1.54, 1.807) is 30.3 Å². The molecule has 0 aromatic heterocycles. The first-order valence-electron chi connectivity index (χ1n) is 7.98. The van der Waals surface area contributed by atoms with Gasteiger partial charge in [-0.3, -0.25) is 0 Å². The van der Waals surface area contributed by atoms with Crippen LogP contribution in [0.5, 0.6) is 11.5 Å². The van der Waals surface area contributed by atoms with Crippen molar-refractivity contribution < 1.29 is 14.6 Å². The van der Waals surface area contributed by atoms with E-state index in [-0.39, 0.29) is 5.75 Å². The van der Waals surface area contributed by atoms with E-state index in [2.05, 4.69) is 38.4 Å². The number of hydrazone groups is 1. The molecule has 0 radical (unpaired) electrons. The predicted molar refractivity (Wildman–Crippen MR) is 107 cm³/mol. The molecule has 7 heteroatoms. The van der Waals surface area contributed by atoms with Gasteiger partial charge < -0.3 is 15.2 Å². The van der Waals surface area contributed by atoms with Gasteiger partial charge in [-0.1, -0.05) is 22.0 Å². The molecule has 6 nitrogen and oxygen atoms in total. The molecule has 2 aromatic rings. The Morgan fingerprint density at radius 1 is 1.35 bits per heavy atom. The number of halogens is 1. The minimum absolute atomic E-state index is 0.0878. The number of anilines is 1. The van der Waals surface area contributed by atoms with Crippen molar-refractivity contribution in [3.63, 3.8) is 0 Å². The van der Waals surface area contributed by atoms with Crippen molar-refractivity contribution in [3.05, 3.63) is 64.7 Å². The quantitative estimate of drug-likeness (QED) is 0.353. The molecule has 0 heterocycles. The van der Waals surface area contributed by atoms with E-state index < -0.39 is 6.03 Å². The van der Waals surface area contributed by atoms with Gasteiger partial charge in [-0.05, 0) is 55.3 Å². The number of urea groups is 1. The van der Waals surface area contributed by atoms with E-state index in [1.165, 1.54) is 6.21 Å². The molecule has 0 spiro atoms. The zero-order valence-electron chi connectivity index (χ0n) is 14.3. The maximum absolute atomic E-state index is 11.9. The fourth-order valence-electron chi connectivity index (χ4n) is 2.20. The summed E-state index contributed by atoms with van der Waals surface area (Å²) in [6, 6.07) is 10.1. The number of benzene rings is 2. The first kappa shape index (κ1) is 19.5. The number of carbonyl (C=O) groups excluding carboxylic acids is 1. The highest BCUT2D eigenvalue weighted by atomic mass is 79.9. The number of nitrogens with one attached hydrogen (secondary N) is 2. The number of aromatic hydroxyl groups is 1. The van der Waals surface area contributed by atoms with Crippen LogP contribution in [0.3, 0.4) is 0 Å². The van der Waals surface area contributed by atoms with Gasteiger partial charge in [0.25, 0.3) is 0 Å². The summed E-state index contributed by atoms with van der Waals surface area (Å²) in [6.45, 7) is 5.94. The van der Waals surface area contributed by atoms with Gasteiger partial charge in [0.1, 0.15) is 0 Å². The summed E-state index contributed by atoms with van der Waals surface area (Å²) in [5, 5.41) is 16.8. The van der Waals surface area contributed by atoms with Crippen molar-refractivity contribution in [2.24, 2.45) is 5.10 Å². The van der Waals surface area contributed by atoms with Crippen molar-refractivity contribution >= 4 is 33.9 Å². The van der Waals surface area contributed by atoms with E-state index in [4.69, 9.17) is 4.74 Å². The Balaban J connectivity index is 2.05. The Morgan fingerprint density at radius 2 is 2.08 bits per heavy atom. The predicted octanol–water partition coefficient (Wildman–Crippen LogP) is 4.44. The molecule has 0 atom stereocenters. The third kappa shape index (κ3) is 5.63. The molecule has 2 aromatic carbocycles. The lowest BCUT2D eigenvalue weighted by molar-refractivity contribution is 0.252. The van der Waals surface area contributed by atoms with Crippen LogP contribution < -0.4 is 15.5 Å². The maximum Gasteiger partial charge on any atom is 0.339 e. The number of phenolic OH excluding ortho intramolecular Hbond substituents is 1. The number of nitrogens with zero attached hydrogens (tertiary/aromatic N) is 1. The van der Waals surface area contributed by atoms with Crippen molar-refractivity contribution in [1.82, 2.24) is 5.43 Å². The number of ether oxygens (including phenoxy) is 1. The highest BCUT2D eigenvalue weighted by molar-refractivity contribution is 9.10. The average Bonchev–Trinajstić information content (AvgIpc) is 2.61. The first-order valence-corrected chi connectivity index (χ1v) is 8.78. The van der Waals surface area contributed by atoms with Crippen LogP contribution in [0.2, 0.25) is 0 Å². The van der Waals surface area contributed by atoms with E-state index in [1.807, 2.05) is 19.1 Å². The van der Waals surface area contributed by atoms with Gasteiger partial charge in [-0.25, -0.2) is 10.2 Å². The third-order valence-electron chi connectivity index (χ3n) is 3.32. The molecule has 26 heavy (non-hydrogen) atoms. The normalized spacial score (nSPS) is 10.5. The Kier molecular flexibility index (Phi) is 7.23. The summed E-state index contributed by atoms with van der Waals surface area (Å²) in [6.07, 6.45) is 3.66. The van der Waals surface area contributed by atoms with Crippen LogP contribution in [-0.4, -0.2) is 24.0 Å². The second-order valence-electron chi connectivity index (χ2n) is 5.28. The molecule has 2 rings (SSSR count). The zero-order chi connectivity index (χ0) is 18.9. The number of amides is 2. The molecule has 3 N–H and O–H groups in total. The largest absolute Gasteiger partial charge is 0.504 e. The third-order valence-corrected chi connectivity index (χ3v) is 3.85. The molecule has 0 aliphatic carbocycles. The van der Waals surface area contributed by atoms with Crippen LogP contribution in [0, 0.1) is 0 Å². The summed E-state index contributed by atoms with van der Waals surface area (Å²) in [5.41, 5.74) is 4.41. The summed E-state index contributed by atoms with van der Waals surface area (Å²) < 4.78 is 6.36. The lowest BCUT2D eigenvalue weighted by Crippen LogP contribution is -2.24. The highest BCUT2D eigenvalue weighted by Gasteiger charge is 2.09. The zero-order valence-corrected chi connectivity index (χ0v) is 15.9. The van der Waals surface area contributed by atoms with Gasteiger partial charge in [0.15, 0.2) is 11.5 Å². The first-order chi connectivity index (χ1) is 12.5. The highest BCUT2D eigenvalue weighted by Crippen LogP contribution is 2.31. The van der Waals surface area contributed by atoms with Crippen molar-refractivity contribution in [2.75, 3.05) is 11.9 Å². The van der Waals surface area contributed by atoms with Gasteiger partial charge in [0, 0.05) is 15.7 Å². The minimum Gasteiger partial charge on any atom is -0.504 e. The van der Waals surface area contributed by atoms with Crippen LogP contribution >= 0.6 is 15.9 Å². The fourth-order valence-corrected chi connectivity index (χ4v) is 2.46. The Labute approximate surface area is 160 Å². The minimum atomic E-state index is -0.460. The molecular weight excluding hydrogens is 398 g/mol. The maximum atomic E-state index is 11.9. The van der Waals surface area contributed by atoms with E-state index in [0.29, 0.717) is 35.6 Å². The Hall–Kier alpha value is -2.80. The van der Waals surface area contributed by atoms with Crippen molar-refractivity contribution in [1.29, 1.82) is 0 Å². The smallest absolute Gasteiger partial charge is 0.339 e. The molecule has 0 aliphatic rings. The molecule has 0 unspecified atom stereocenters. The van der Waals surface area contributed by atoms with Crippen LogP contribution in [0.1, 0.15) is 18.1 Å². The van der Waals surface area contributed by atoms with Gasteiger partial charge in [0.05, 0.1) is 12.8 Å². The Morgan fingerprint density at radius 3 is 2.73 bits per heavy atom. The molecule has 0 bridgehead atoms. The van der Waals surface area contributed by atoms with E-state index in [9.17, 15) is 9.90 Å². The standard InChI is InChI=1S/C19H20BrN3O3/c1-3-5-14-10-13(11-17(18(14)24)26-4-2)12-21-23-19(25)22-16-8-6-15(20)7-9-16/h3,6-12,24H,1,4-5H2,2H3,(H2,22,23,25)/b21-12-. The van der Waals surface area contributed by atoms with Crippen molar-refractivity contribution in [3.8, 4) is 11.5 Å². The van der Waals surface area contributed by atoms with Gasteiger partial charge in [0.2, 0.25) is 0 Å². The second-order valence-corrected chi connectivity index (χ2v) is 6.20. The fraction of sp³-hybridized carbons (Fsp3) is 0.158. The van der Waals surface area contributed by atoms with Crippen LogP contribution in [0.15, 0.2) is 58.6 Å². The van der Waals surface area contributed by atoms with Gasteiger partial charge in [-0.15, -0.1) is 6.58 Å². The lowest BCUT2D eigenvalue weighted by Gasteiger charge is -2.10. The molecule has 0 aliphatic heterocycles. The number of carbonyl (C=O) groups is 1. The molecule has 0 saturated heterocycles. The number of hydrogen-bond donors (Lipinski definition) is 3. The molecule has 136 valence electrons. The summed E-state index contributed by atoms with van der Waals surface area (Å²) in [5.74, 6) is 0.456. The van der Waals surface area contributed by atoms with Crippen LogP contribution in [0.4, 0.5) is 10.5 Å². The second kappa shape index (κ2) is 9.62. The monoisotopic (exact) mass is 417 g/mol. The number of rotatable bonds is 7. The van der Waals surface area contributed by atoms with Gasteiger partial charge >= 0.3 is 6.03 Å².